The zero-order chi connectivity index (χ0) is 25.3. The number of benzene rings is 1. The largest absolute Gasteiger partial charge is 0.486 e. The molecule has 4 N–H and O–H groups in total. The van der Waals surface area contributed by atoms with Crippen LogP contribution in [0.1, 0.15) is 34.1 Å². The number of primary amides is 1. The minimum Gasteiger partial charge on any atom is -0.486 e. The first-order valence-electron chi connectivity index (χ1n) is 10.7. The number of nitrogens with one attached hydrogen (secondary N) is 1. The molecule has 1 aromatic carbocycles. The van der Waals surface area contributed by atoms with Gasteiger partial charge in [-0.3, -0.25) is 19.1 Å². The minimum absolute atomic E-state index is 0.0359. The van der Waals surface area contributed by atoms with Gasteiger partial charge in [0.15, 0.2) is 4.90 Å². The molecular weight excluding hydrogens is 466 g/mol. The Bertz CT molecular complexity index is 1190. The monoisotopic (exact) mass is 495 g/mol. The number of fused-ring (bicyclic) bond motifs is 1. The number of nitrogens with two attached hydrogens (primary N) is 1. The summed E-state index contributed by atoms with van der Waals surface area (Å²) in [5, 5.41) is 15.5. The van der Waals surface area contributed by atoms with Gasteiger partial charge in [0.2, 0.25) is 5.91 Å². The molecule has 1 aliphatic heterocycles. The van der Waals surface area contributed by atoms with Crippen LogP contribution in [0.15, 0.2) is 29.3 Å². The van der Waals surface area contributed by atoms with Crippen molar-refractivity contribution in [1.29, 1.82) is 0 Å². The second-order valence-corrected chi connectivity index (χ2v) is 10.3. The summed E-state index contributed by atoms with van der Waals surface area (Å²) >= 11 is 0. The van der Waals surface area contributed by atoms with E-state index < -0.39 is 33.5 Å². The van der Waals surface area contributed by atoms with Crippen molar-refractivity contribution in [2.75, 3.05) is 22.8 Å². The quantitative estimate of drug-likeness (QED) is 0.476. The smallest absolute Gasteiger partial charge is 0.409 e. The van der Waals surface area contributed by atoms with Gasteiger partial charge in [0, 0.05) is 23.8 Å². The number of carboxylic acid groups (broad SMARTS) is 1. The van der Waals surface area contributed by atoms with Crippen molar-refractivity contribution in [3.05, 3.63) is 24.4 Å². The number of carbonyl (C=O) groups is 2. The van der Waals surface area contributed by atoms with Gasteiger partial charge in [0.25, 0.3) is 15.9 Å². The molecule has 34 heavy (non-hydrogen) atoms. The molecule has 2 heterocycles. The van der Waals surface area contributed by atoms with Crippen LogP contribution in [-0.2, 0) is 21.4 Å². The third-order valence-electron chi connectivity index (χ3n) is 5.42. The van der Waals surface area contributed by atoms with Gasteiger partial charge in [-0.05, 0) is 38.5 Å². The highest BCUT2D eigenvalue weighted by Crippen LogP contribution is 2.42. The zero-order valence-corrected chi connectivity index (χ0v) is 20.3. The summed E-state index contributed by atoms with van der Waals surface area (Å²) in [6.07, 6.45) is -0.443. The van der Waals surface area contributed by atoms with Gasteiger partial charge in [-0.15, -0.1) is 5.10 Å². The summed E-state index contributed by atoms with van der Waals surface area (Å²) in [7, 11) is -4.22. The minimum atomic E-state index is -4.22. The van der Waals surface area contributed by atoms with E-state index in [1.807, 2.05) is 6.92 Å². The molecule has 0 saturated heterocycles. The Kier molecular flexibility index (Phi) is 6.96. The first kappa shape index (κ1) is 25.1. The lowest BCUT2D eigenvalue weighted by Gasteiger charge is -2.37. The lowest BCUT2D eigenvalue weighted by Crippen LogP contribution is -2.47. The predicted octanol–water partition coefficient (Wildman–Crippen LogP) is 2.25. The number of amides is 2. The molecule has 2 aromatic rings. The number of ether oxygens (including phenoxy) is 2. The summed E-state index contributed by atoms with van der Waals surface area (Å²) < 4.78 is 41.8. The van der Waals surface area contributed by atoms with Gasteiger partial charge in [-0.2, -0.15) is 0 Å². The average molecular weight is 496 g/mol. The second-order valence-electron chi connectivity index (χ2n) is 8.43. The number of sulfonamides is 1. The molecule has 3 rings (SSSR count). The van der Waals surface area contributed by atoms with Crippen LogP contribution in [0.2, 0.25) is 0 Å². The van der Waals surface area contributed by atoms with Crippen LogP contribution < -0.4 is 24.8 Å². The summed E-state index contributed by atoms with van der Waals surface area (Å²) in [4.78, 5) is 22.9. The number of nitrogens with zero attached hydrogens (tertiary/aromatic N) is 3. The number of aryl methyl sites for hydroxylation is 1. The standard InChI is InChI=1S/C21H29N5O7S/c1-5-25-12-17(18(24-25)32-6-2)34(30,31)26-11-14(10-21(3,4)19(22)27)33-16-8-7-13(9-15(16)26)23-20(28)29/h7-9,12,14,23H,5-6,10-11H2,1-4H3,(H2,22,27)(H,28,29). The Hall–Kier alpha value is -3.48. The van der Waals surface area contributed by atoms with Crippen molar-refractivity contribution in [1.82, 2.24) is 9.78 Å². The summed E-state index contributed by atoms with van der Waals surface area (Å²) in [5.41, 5.74) is 4.87. The molecule has 0 spiro atoms. The molecule has 186 valence electrons. The van der Waals surface area contributed by atoms with Crippen molar-refractivity contribution >= 4 is 33.4 Å². The number of anilines is 2. The van der Waals surface area contributed by atoms with Crippen LogP contribution in [-0.4, -0.2) is 54.6 Å². The maximum atomic E-state index is 13.9. The van der Waals surface area contributed by atoms with Crippen LogP contribution in [0, 0.1) is 5.41 Å². The van der Waals surface area contributed by atoms with Crippen molar-refractivity contribution < 1.29 is 32.6 Å². The van der Waals surface area contributed by atoms with Gasteiger partial charge < -0.3 is 20.3 Å². The number of rotatable bonds is 9. The Labute approximate surface area is 197 Å². The van der Waals surface area contributed by atoms with Gasteiger partial charge in [-0.25, -0.2) is 13.2 Å². The molecule has 0 bridgehead atoms. The number of hydrogen-bond donors (Lipinski definition) is 3. The van der Waals surface area contributed by atoms with E-state index in [1.54, 1.807) is 20.8 Å². The van der Waals surface area contributed by atoms with E-state index in [9.17, 15) is 18.0 Å². The van der Waals surface area contributed by atoms with Gasteiger partial charge >= 0.3 is 6.09 Å². The highest BCUT2D eigenvalue weighted by atomic mass is 32.2. The molecule has 1 unspecified atom stereocenters. The van der Waals surface area contributed by atoms with Crippen LogP contribution in [0.4, 0.5) is 16.2 Å². The molecule has 1 atom stereocenters. The van der Waals surface area contributed by atoms with Gasteiger partial charge in [0.05, 0.1) is 18.8 Å². The maximum absolute atomic E-state index is 13.9. The second kappa shape index (κ2) is 9.41. The molecule has 0 saturated carbocycles. The van der Waals surface area contributed by atoms with E-state index in [0.29, 0.717) is 6.54 Å². The summed E-state index contributed by atoms with van der Waals surface area (Å²) in [6, 6.07) is 4.31. The fourth-order valence-electron chi connectivity index (χ4n) is 3.60. The van der Waals surface area contributed by atoms with Crippen LogP contribution >= 0.6 is 0 Å². The molecule has 0 radical (unpaired) electrons. The van der Waals surface area contributed by atoms with E-state index in [1.165, 1.54) is 29.1 Å². The molecular formula is C21H29N5O7S. The number of hydrogen-bond acceptors (Lipinski definition) is 7. The fourth-order valence-corrected chi connectivity index (χ4v) is 5.17. The van der Waals surface area contributed by atoms with Crippen LogP contribution in [0.5, 0.6) is 11.6 Å². The van der Waals surface area contributed by atoms with E-state index >= 15 is 0 Å². The van der Waals surface area contributed by atoms with Crippen molar-refractivity contribution in [2.24, 2.45) is 11.1 Å². The molecule has 13 heteroatoms. The van der Waals surface area contributed by atoms with Crippen molar-refractivity contribution in [3.63, 3.8) is 0 Å². The topological polar surface area (TPSA) is 166 Å². The Balaban J connectivity index is 2.12. The summed E-state index contributed by atoms with van der Waals surface area (Å²) in [5.74, 6) is -0.358. The lowest BCUT2D eigenvalue weighted by atomic mass is 9.85. The van der Waals surface area contributed by atoms with Gasteiger partial charge in [0.1, 0.15) is 11.9 Å². The molecule has 0 aliphatic carbocycles. The van der Waals surface area contributed by atoms with E-state index in [2.05, 4.69) is 10.4 Å². The SMILES string of the molecule is CCOc1nn(CC)cc1S(=O)(=O)N1CC(CC(C)(C)C(N)=O)Oc2ccc(NC(=O)O)cc21. The first-order valence-corrected chi connectivity index (χ1v) is 12.2. The predicted molar refractivity (Wildman–Crippen MR) is 124 cm³/mol. The van der Waals surface area contributed by atoms with E-state index in [-0.39, 0.29) is 47.5 Å². The zero-order valence-electron chi connectivity index (χ0n) is 19.4. The van der Waals surface area contributed by atoms with E-state index in [0.717, 1.165) is 4.31 Å². The van der Waals surface area contributed by atoms with E-state index in [4.69, 9.17) is 20.3 Å². The molecule has 2 amide bonds. The number of carbonyl (C=O) groups excluding carboxylic acids is 1. The first-order chi connectivity index (χ1) is 15.9. The van der Waals surface area contributed by atoms with Gasteiger partial charge in [-0.1, -0.05) is 13.8 Å². The molecule has 1 aromatic heterocycles. The molecule has 1 aliphatic rings. The maximum Gasteiger partial charge on any atom is 0.409 e. The number of aromatic nitrogens is 2. The van der Waals surface area contributed by atoms with Crippen molar-refractivity contribution in [2.45, 2.75) is 51.7 Å². The molecule has 12 nitrogen and oxygen atoms in total. The highest BCUT2D eigenvalue weighted by molar-refractivity contribution is 7.93. The molecule has 0 fully saturated rings. The summed E-state index contributed by atoms with van der Waals surface area (Å²) in [6.45, 7) is 7.36. The highest BCUT2D eigenvalue weighted by Gasteiger charge is 2.40. The Morgan fingerprint density at radius 1 is 1.35 bits per heavy atom. The van der Waals surface area contributed by atoms with Crippen LogP contribution in [0.25, 0.3) is 0 Å². The normalized spacial score (nSPS) is 15.9. The third-order valence-corrected chi connectivity index (χ3v) is 7.18. The fraction of sp³-hybridized carbons (Fsp3) is 0.476. The lowest BCUT2D eigenvalue weighted by molar-refractivity contribution is -0.127. The average Bonchev–Trinajstić information content (AvgIpc) is 3.17. The Morgan fingerprint density at radius 3 is 2.65 bits per heavy atom. The third kappa shape index (κ3) is 5.03. The van der Waals surface area contributed by atoms with Crippen LogP contribution in [0.3, 0.4) is 0 Å². The van der Waals surface area contributed by atoms with Crippen molar-refractivity contribution in [3.8, 4) is 11.6 Å². The Morgan fingerprint density at radius 2 is 2.06 bits per heavy atom.